The van der Waals surface area contributed by atoms with Crippen LogP contribution in [0.5, 0.6) is 0 Å². The summed E-state index contributed by atoms with van der Waals surface area (Å²) in [6, 6.07) is 27.6. The van der Waals surface area contributed by atoms with Gasteiger partial charge in [0.05, 0.1) is 17.4 Å². The summed E-state index contributed by atoms with van der Waals surface area (Å²) >= 11 is 0. The van der Waals surface area contributed by atoms with Crippen LogP contribution >= 0.6 is 0 Å². The lowest BCUT2D eigenvalue weighted by Crippen LogP contribution is -2.16. The fourth-order valence-electron chi connectivity index (χ4n) is 3.13. The molecule has 1 heterocycles. The molecule has 0 unspecified atom stereocenters. The zero-order chi connectivity index (χ0) is 19.3. The summed E-state index contributed by atoms with van der Waals surface area (Å²) in [5.74, 6) is -0.260. The van der Waals surface area contributed by atoms with Gasteiger partial charge < -0.3 is 4.57 Å². The lowest BCUT2D eigenvalue weighted by atomic mass is 10.1. The van der Waals surface area contributed by atoms with Gasteiger partial charge in [-0.3, -0.25) is 9.59 Å². The molecule has 136 valence electrons. The number of aromatic nitrogens is 1. The van der Waals surface area contributed by atoms with Gasteiger partial charge in [-0.15, -0.1) is 0 Å². The van der Waals surface area contributed by atoms with Crippen molar-refractivity contribution in [3.8, 4) is 0 Å². The number of amides is 1. The topological polar surface area (TPSA) is 51.4 Å². The van der Waals surface area contributed by atoms with E-state index in [9.17, 15) is 9.59 Å². The van der Waals surface area contributed by atoms with Gasteiger partial charge in [-0.2, -0.15) is 0 Å². The molecule has 0 aliphatic heterocycles. The molecule has 4 nitrogen and oxygen atoms in total. The van der Waals surface area contributed by atoms with Crippen LogP contribution in [-0.2, 0) is 6.54 Å². The Morgan fingerprint density at radius 2 is 1.32 bits per heavy atom. The van der Waals surface area contributed by atoms with Crippen LogP contribution in [0.1, 0.15) is 20.7 Å². The number of rotatable bonds is 4. The van der Waals surface area contributed by atoms with E-state index in [0.29, 0.717) is 16.5 Å². The Balaban J connectivity index is 1.74. The molecule has 4 rings (SSSR count). The SMILES string of the molecule is O=C(Cn1ccc(=NC(=O)c2ccccc2)c2ccccc21)c1ccccc1. The normalized spacial score (nSPS) is 11.5. The highest BCUT2D eigenvalue weighted by Gasteiger charge is 2.09. The van der Waals surface area contributed by atoms with Crippen molar-refractivity contribution in [3.63, 3.8) is 0 Å². The highest BCUT2D eigenvalue weighted by Crippen LogP contribution is 2.12. The first-order chi connectivity index (χ1) is 13.7. The summed E-state index contributed by atoms with van der Waals surface area (Å²) in [5.41, 5.74) is 2.07. The summed E-state index contributed by atoms with van der Waals surface area (Å²) in [5, 5.41) is 1.42. The number of ketones is 1. The second-order valence-electron chi connectivity index (χ2n) is 6.42. The molecule has 0 radical (unpaired) electrons. The first-order valence-electron chi connectivity index (χ1n) is 9.03. The van der Waals surface area contributed by atoms with Crippen molar-refractivity contribution in [2.45, 2.75) is 6.54 Å². The van der Waals surface area contributed by atoms with E-state index < -0.39 is 0 Å². The molecule has 0 bridgehead atoms. The van der Waals surface area contributed by atoms with Gasteiger partial charge in [0.1, 0.15) is 0 Å². The lowest BCUT2D eigenvalue weighted by Gasteiger charge is -2.11. The maximum atomic E-state index is 12.6. The number of hydrogen-bond donors (Lipinski definition) is 0. The third kappa shape index (κ3) is 3.67. The van der Waals surface area contributed by atoms with Crippen molar-refractivity contribution < 1.29 is 9.59 Å². The first-order valence-corrected chi connectivity index (χ1v) is 9.03. The second-order valence-corrected chi connectivity index (χ2v) is 6.42. The number of carbonyl (C=O) groups is 2. The Morgan fingerprint density at radius 1 is 0.714 bits per heavy atom. The fourth-order valence-corrected chi connectivity index (χ4v) is 3.13. The van der Waals surface area contributed by atoms with E-state index in [-0.39, 0.29) is 18.2 Å². The fraction of sp³-hybridized carbons (Fsp3) is 0.0417. The highest BCUT2D eigenvalue weighted by atomic mass is 16.1. The zero-order valence-corrected chi connectivity index (χ0v) is 15.2. The van der Waals surface area contributed by atoms with Gasteiger partial charge in [0.25, 0.3) is 5.91 Å². The maximum Gasteiger partial charge on any atom is 0.277 e. The van der Waals surface area contributed by atoms with Crippen LogP contribution in [0.2, 0.25) is 0 Å². The quantitative estimate of drug-likeness (QED) is 0.507. The average molecular weight is 366 g/mol. The molecule has 1 aromatic heterocycles. The predicted molar refractivity (Wildman–Crippen MR) is 109 cm³/mol. The van der Waals surface area contributed by atoms with Crippen LogP contribution in [0.4, 0.5) is 0 Å². The van der Waals surface area contributed by atoms with Crippen LogP contribution in [0, 0.1) is 0 Å². The van der Waals surface area contributed by atoms with Crippen LogP contribution in [-0.4, -0.2) is 16.3 Å². The van der Waals surface area contributed by atoms with E-state index in [1.807, 2.05) is 77.4 Å². The summed E-state index contributed by atoms with van der Waals surface area (Å²) in [6.45, 7) is 0.220. The molecule has 0 aliphatic rings. The Labute approximate surface area is 162 Å². The number of hydrogen-bond acceptors (Lipinski definition) is 2. The van der Waals surface area contributed by atoms with Crippen molar-refractivity contribution in [2.24, 2.45) is 4.99 Å². The summed E-state index contributed by atoms with van der Waals surface area (Å²) < 4.78 is 1.89. The van der Waals surface area contributed by atoms with Gasteiger partial charge >= 0.3 is 0 Å². The highest BCUT2D eigenvalue weighted by molar-refractivity contribution is 5.97. The summed E-state index contributed by atoms with van der Waals surface area (Å²) in [4.78, 5) is 29.4. The summed E-state index contributed by atoms with van der Waals surface area (Å²) in [7, 11) is 0. The first kappa shape index (κ1) is 17.6. The number of benzene rings is 3. The number of para-hydroxylation sites is 1. The predicted octanol–water partition coefficient (Wildman–Crippen LogP) is 4.27. The standard InChI is InChI=1S/C24H18N2O2/c27-23(18-9-3-1-4-10-18)17-26-16-15-21(20-13-7-8-14-22(20)26)25-24(28)19-11-5-2-6-12-19/h1-16H,17H2. The minimum absolute atomic E-state index is 0.0285. The number of nitrogens with zero attached hydrogens (tertiary/aromatic N) is 2. The van der Waals surface area contributed by atoms with E-state index in [1.54, 1.807) is 24.4 Å². The third-order valence-electron chi connectivity index (χ3n) is 4.55. The molecular formula is C24H18N2O2. The molecular weight excluding hydrogens is 348 g/mol. The Hall–Kier alpha value is -3.79. The molecule has 0 fully saturated rings. The van der Waals surface area contributed by atoms with Gasteiger partial charge in [-0.25, -0.2) is 4.99 Å². The van der Waals surface area contributed by atoms with Crippen molar-refractivity contribution in [1.29, 1.82) is 0 Å². The van der Waals surface area contributed by atoms with Crippen LogP contribution < -0.4 is 5.36 Å². The molecule has 0 saturated heterocycles. The van der Waals surface area contributed by atoms with Gasteiger partial charge in [0.2, 0.25) is 0 Å². The van der Waals surface area contributed by atoms with Gasteiger partial charge in [-0.1, -0.05) is 66.7 Å². The summed E-state index contributed by atoms with van der Waals surface area (Å²) in [6.07, 6.45) is 1.81. The van der Waals surface area contributed by atoms with E-state index in [2.05, 4.69) is 4.99 Å². The van der Waals surface area contributed by atoms with Crippen LogP contribution in [0.3, 0.4) is 0 Å². The number of fused-ring (bicyclic) bond motifs is 1. The Morgan fingerprint density at radius 3 is 2.04 bits per heavy atom. The second kappa shape index (κ2) is 7.84. The molecule has 0 N–H and O–H groups in total. The molecule has 0 atom stereocenters. The van der Waals surface area contributed by atoms with Crippen molar-refractivity contribution in [3.05, 3.63) is 114 Å². The van der Waals surface area contributed by atoms with Gasteiger partial charge in [-0.05, 0) is 24.3 Å². The Bertz CT molecular complexity index is 1210. The average Bonchev–Trinajstić information content (AvgIpc) is 2.76. The molecule has 28 heavy (non-hydrogen) atoms. The molecule has 0 spiro atoms. The molecule has 0 saturated carbocycles. The van der Waals surface area contributed by atoms with Crippen molar-refractivity contribution in [2.75, 3.05) is 0 Å². The van der Waals surface area contributed by atoms with Crippen molar-refractivity contribution in [1.82, 2.24) is 4.57 Å². The van der Waals surface area contributed by atoms with E-state index in [1.165, 1.54) is 0 Å². The van der Waals surface area contributed by atoms with E-state index in [0.717, 1.165) is 10.9 Å². The van der Waals surface area contributed by atoms with Crippen LogP contribution in [0.15, 0.2) is 102 Å². The van der Waals surface area contributed by atoms with E-state index >= 15 is 0 Å². The number of Topliss-reactive ketones (excluding diaryl/α,β-unsaturated/α-hetero) is 1. The smallest absolute Gasteiger partial charge is 0.277 e. The number of pyridine rings is 1. The Kier molecular flexibility index (Phi) is 4.93. The molecule has 0 aliphatic carbocycles. The minimum atomic E-state index is -0.288. The lowest BCUT2D eigenvalue weighted by molar-refractivity contribution is 0.0970. The largest absolute Gasteiger partial charge is 0.340 e. The molecule has 4 heteroatoms. The van der Waals surface area contributed by atoms with E-state index in [4.69, 9.17) is 0 Å². The van der Waals surface area contributed by atoms with Gasteiger partial charge in [0, 0.05) is 22.7 Å². The monoisotopic (exact) mass is 366 g/mol. The third-order valence-corrected chi connectivity index (χ3v) is 4.55. The molecule has 1 amide bonds. The maximum absolute atomic E-state index is 12.6. The number of carbonyl (C=O) groups excluding carboxylic acids is 2. The minimum Gasteiger partial charge on any atom is -0.340 e. The van der Waals surface area contributed by atoms with Gasteiger partial charge in [0.15, 0.2) is 5.78 Å². The molecule has 4 aromatic rings. The van der Waals surface area contributed by atoms with Crippen molar-refractivity contribution >= 4 is 22.6 Å². The van der Waals surface area contributed by atoms with Crippen LogP contribution in [0.25, 0.3) is 10.9 Å². The molecule has 3 aromatic carbocycles. The zero-order valence-electron chi connectivity index (χ0n) is 15.2.